The highest BCUT2D eigenvalue weighted by Gasteiger charge is 2.15. The smallest absolute Gasteiger partial charge is 0.338 e. The zero-order chi connectivity index (χ0) is 15.7. The molecule has 0 saturated heterocycles. The summed E-state index contributed by atoms with van der Waals surface area (Å²) in [5.74, 6) is 0.528. The molecule has 0 atom stereocenters. The predicted octanol–water partition coefficient (Wildman–Crippen LogP) is 4.11. The van der Waals surface area contributed by atoms with E-state index in [0.29, 0.717) is 31.6 Å². The van der Waals surface area contributed by atoms with Gasteiger partial charge in [0.2, 0.25) is 0 Å². The number of hydrogen-bond donors (Lipinski definition) is 0. The van der Waals surface area contributed by atoms with Crippen LogP contribution in [0.5, 0.6) is 5.75 Å². The van der Waals surface area contributed by atoms with Crippen molar-refractivity contribution in [3.8, 4) is 5.75 Å². The number of esters is 1. The van der Waals surface area contributed by atoms with E-state index in [1.165, 1.54) is 0 Å². The maximum absolute atomic E-state index is 12.0. The minimum absolute atomic E-state index is 0.310. The van der Waals surface area contributed by atoms with E-state index in [9.17, 15) is 4.79 Å². The van der Waals surface area contributed by atoms with Crippen LogP contribution < -0.4 is 4.74 Å². The fourth-order valence-corrected chi connectivity index (χ4v) is 2.09. The first-order valence-electron chi connectivity index (χ1n) is 7.35. The molecule has 0 aliphatic rings. The maximum Gasteiger partial charge on any atom is 0.338 e. The molecule has 0 aromatic heterocycles. The summed E-state index contributed by atoms with van der Waals surface area (Å²) in [6.45, 7) is 12.4. The molecule has 1 rings (SSSR count). The summed E-state index contributed by atoms with van der Waals surface area (Å²) >= 11 is 0. The second-order valence-corrected chi connectivity index (χ2v) is 4.68. The van der Waals surface area contributed by atoms with Gasteiger partial charge < -0.3 is 9.47 Å². The number of carbonyl (C=O) groups excluding carboxylic acids is 1. The Labute approximate surface area is 127 Å². The van der Waals surface area contributed by atoms with Crippen molar-refractivity contribution in [1.29, 1.82) is 0 Å². The molecule has 3 heteroatoms. The molecule has 0 amide bonds. The highest BCUT2D eigenvalue weighted by atomic mass is 16.5. The summed E-state index contributed by atoms with van der Waals surface area (Å²) < 4.78 is 11.0. The normalized spacial score (nSPS) is 10.0. The third kappa shape index (κ3) is 4.78. The fraction of sp³-hybridized carbons (Fsp3) is 0.389. The molecule has 1 aromatic rings. The van der Waals surface area contributed by atoms with Crippen molar-refractivity contribution in [3.63, 3.8) is 0 Å². The molecule has 0 N–H and O–H groups in total. The number of carbonyl (C=O) groups is 1. The lowest BCUT2D eigenvalue weighted by atomic mass is 9.99. The molecule has 0 aliphatic carbocycles. The van der Waals surface area contributed by atoms with Gasteiger partial charge in [0.05, 0.1) is 18.8 Å². The van der Waals surface area contributed by atoms with E-state index in [0.717, 1.165) is 23.3 Å². The second-order valence-electron chi connectivity index (χ2n) is 4.68. The molecule has 0 saturated carbocycles. The molecule has 0 bridgehead atoms. The molecule has 1 aromatic carbocycles. The van der Waals surface area contributed by atoms with Crippen molar-refractivity contribution in [2.75, 3.05) is 13.2 Å². The van der Waals surface area contributed by atoms with Gasteiger partial charge in [0.25, 0.3) is 0 Å². The van der Waals surface area contributed by atoms with Crippen LogP contribution in [0.4, 0.5) is 0 Å². The van der Waals surface area contributed by atoms with E-state index in [4.69, 9.17) is 9.47 Å². The number of benzene rings is 1. The molecular formula is C18H24O3. The summed E-state index contributed by atoms with van der Waals surface area (Å²) in [5, 5.41) is 0. The average molecular weight is 288 g/mol. The van der Waals surface area contributed by atoms with Gasteiger partial charge in [-0.3, -0.25) is 0 Å². The average Bonchev–Trinajstić information content (AvgIpc) is 2.47. The van der Waals surface area contributed by atoms with E-state index >= 15 is 0 Å². The van der Waals surface area contributed by atoms with Crippen LogP contribution in [0.25, 0.3) is 0 Å². The SMILES string of the molecule is C=CCc1cc(C(=O)OCC)cc(CC=C)c1OCCC. The topological polar surface area (TPSA) is 35.5 Å². The van der Waals surface area contributed by atoms with Crippen LogP contribution in [-0.4, -0.2) is 19.2 Å². The quantitative estimate of drug-likeness (QED) is 0.507. The van der Waals surface area contributed by atoms with Gasteiger partial charge in [0.1, 0.15) is 5.75 Å². The molecule has 3 nitrogen and oxygen atoms in total. The number of allylic oxidation sites excluding steroid dienone is 2. The molecule has 0 aliphatic heterocycles. The van der Waals surface area contributed by atoms with Crippen LogP contribution in [0.3, 0.4) is 0 Å². The molecule has 0 fully saturated rings. The molecule has 21 heavy (non-hydrogen) atoms. The van der Waals surface area contributed by atoms with Gasteiger partial charge >= 0.3 is 5.97 Å². The van der Waals surface area contributed by atoms with Gasteiger partial charge in [0.15, 0.2) is 0 Å². The molecule has 114 valence electrons. The Balaban J connectivity index is 3.28. The van der Waals surface area contributed by atoms with Gasteiger partial charge in [-0.15, -0.1) is 13.2 Å². The third-order valence-electron chi connectivity index (χ3n) is 2.93. The first kappa shape index (κ1) is 17.0. The van der Waals surface area contributed by atoms with Crippen LogP contribution in [-0.2, 0) is 17.6 Å². The monoisotopic (exact) mass is 288 g/mol. The van der Waals surface area contributed by atoms with Gasteiger partial charge in [-0.1, -0.05) is 19.1 Å². The molecule has 0 unspecified atom stereocenters. The minimum atomic E-state index is -0.310. The Hall–Kier alpha value is -2.03. The van der Waals surface area contributed by atoms with Crippen molar-refractivity contribution in [3.05, 3.63) is 54.1 Å². The summed E-state index contributed by atoms with van der Waals surface area (Å²) in [4.78, 5) is 12.0. The van der Waals surface area contributed by atoms with Crippen molar-refractivity contribution < 1.29 is 14.3 Å². The lowest BCUT2D eigenvalue weighted by molar-refractivity contribution is 0.0526. The van der Waals surface area contributed by atoms with Crippen molar-refractivity contribution in [2.45, 2.75) is 33.1 Å². The first-order chi connectivity index (χ1) is 10.2. The van der Waals surface area contributed by atoms with Crippen molar-refractivity contribution in [2.24, 2.45) is 0 Å². The minimum Gasteiger partial charge on any atom is -0.493 e. The van der Waals surface area contributed by atoms with Gasteiger partial charge in [-0.2, -0.15) is 0 Å². The zero-order valence-electron chi connectivity index (χ0n) is 13.0. The highest BCUT2D eigenvalue weighted by Crippen LogP contribution is 2.28. The van der Waals surface area contributed by atoms with Crippen LogP contribution in [0.15, 0.2) is 37.4 Å². The lowest BCUT2D eigenvalue weighted by Gasteiger charge is -2.16. The summed E-state index contributed by atoms with van der Waals surface area (Å²) in [6.07, 6.45) is 5.84. The molecule has 0 spiro atoms. The van der Waals surface area contributed by atoms with Crippen LogP contribution >= 0.6 is 0 Å². The highest BCUT2D eigenvalue weighted by molar-refractivity contribution is 5.90. The second kappa shape index (κ2) is 9.01. The molecule has 0 heterocycles. The van der Waals surface area contributed by atoms with E-state index in [-0.39, 0.29) is 5.97 Å². The van der Waals surface area contributed by atoms with E-state index in [2.05, 4.69) is 20.1 Å². The van der Waals surface area contributed by atoms with Crippen molar-refractivity contribution in [1.82, 2.24) is 0 Å². The number of hydrogen-bond acceptors (Lipinski definition) is 3. The lowest BCUT2D eigenvalue weighted by Crippen LogP contribution is -2.09. The Morgan fingerprint density at radius 3 is 2.14 bits per heavy atom. The van der Waals surface area contributed by atoms with Gasteiger partial charge in [-0.25, -0.2) is 4.79 Å². The Kier molecular flexibility index (Phi) is 7.30. The Bertz CT molecular complexity index is 472. The molecule has 0 radical (unpaired) electrons. The van der Waals surface area contributed by atoms with Gasteiger partial charge in [0, 0.05) is 0 Å². The third-order valence-corrected chi connectivity index (χ3v) is 2.93. The van der Waals surface area contributed by atoms with E-state index in [1.807, 2.05) is 12.1 Å². The first-order valence-corrected chi connectivity index (χ1v) is 7.35. The van der Waals surface area contributed by atoms with Crippen molar-refractivity contribution >= 4 is 5.97 Å². The zero-order valence-corrected chi connectivity index (χ0v) is 13.0. The number of ether oxygens (including phenoxy) is 2. The molecular weight excluding hydrogens is 264 g/mol. The largest absolute Gasteiger partial charge is 0.493 e. The van der Waals surface area contributed by atoms with Crippen LogP contribution in [0.2, 0.25) is 0 Å². The standard InChI is InChI=1S/C18H24O3/c1-5-9-14-12-16(18(19)20-8-4)13-15(10-6-2)17(14)21-11-7-3/h5-6,12-13H,1-2,7-11H2,3-4H3. The fourth-order valence-electron chi connectivity index (χ4n) is 2.09. The Morgan fingerprint density at radius 1 is 1.14 bits per heavy atom. The van der Waals surface area contributed by atoms with E-state index in [1.54, 1.807) is 19.1 Å². The predicted molar refractivity (Wildman–Crippen MR) is 86.0 cm³/mol. The maximum atomic E-state index is 12.0. The number of rotatable bonds is 9. The van der Waals surface area contributed by atoms with E-state index < -0.39 is 0 Å². The summed E-state index contributed by atoms with van der Waals surface area (Å²) in [6, 6.07) is 3.66. The van der Waals surface area contributed by atoms with Crippen LogP contribution in [0.1, 0.15) is 41.8 Å². The Morgan fingerprint density at radius 2 is 1.71 bits per heavy atom. The summed E-state index contributed by atoms with van der Waals surface area (Å²) in [5.41, 5.74) is 2.47. The van der Waals surface area contributed by atoms with Gasteiger partial charge in [-0.05, 0) is 49.4 Å². The summed E-state index contributed by atoms with van der Waals surface area (Å²) in [7, 11) is 0. The van der Waals surface area contributed by atoms with Crippen LogP contribution in [0, 0.1) is 0 Å².